The average Bonchev–Trinajstić information content (AvgIpc) is 3.20. The van der Waals surface area contributed by atoms with Gasteiger partial charge in [-0.15, -0.1) is 0 Å². The number of fused-ring (bicyclic) bond motifs is 2. The lowest BCUT2D eigenvalue weighted by molar-refractivity contribution is -0.138. The van der Waals surface area contributed by atoms with E-state index >= 15 is 0 Å². The van der Waals surface area contributed by atoms with E-state index in [0.717, 1.165) is 51.7 Å². The van der Waals surface area contributed by atoms with Crippen molar-refractivity contribution in [3.63, 3.8) is 0 Å². The van der Waals surface area contributed by atoms with E-state index in [0.29, 0.717) is 24.2 Å². The van der Waals surface area contributed by atoms with Gasteiger partial charge in [0.25, 0.3) is 6.01 Å². The summed E-state index contributed by atoms with van der Waals surface area (Å²) in [6, 6.07) is 20.7. The number of aliphatic carboxylic acids is 1. The Balaban J connectivity index is 1.09. The molecule has 1 aliphatic carbocycles. The van der Waals surface area contributed by atoms with Crippen LogP contribution in [-0.2, 0) is 14.3 Å². The first-order chi connectivity index (χ1) is 18.0. The number of imidazole rings is 1. The fourth-order valence-electron chi connectivity index (χ4n) is 5.56. The van der Waals surface area contributed by atoms with Crippen molar-refractivity contribution in [2.45, 2.75) is 37.1 Å². The highest BCUT2D eigenvalue weighted by Gasteiger charge is 2.44. The number of aromatic nitrogens is 2. The number of benzene rings is 3. The quantitative estimate of drug-likeness (QED) is 0.343. The molecule has 4 aromatic rings. The molecular weight excluding hydrogens is 492 g/mol. The summed E-state index contributed by atoms with van der Waals surface area (Å²) in [5, 5.41) is 9.80. The lowest BCUT2D eigenvalue weighted by Gasteiger charge is -2.15. The van der Waals surface area contributed by atoms with E-state index in [9.17, 15) is 9.90 Å². The van der Waals surface area contributed by atoms with Gasteiger partial charge in [0.15, 0.2) is 6.10 Å². The molecule has 7 rings (SSSR count). The number of nitrogens with zero attached hydrogens (tertiary/aromatic N) is 1. The maximum atomic E-state index is 11.2. The first kappa shape index (κ1) is 22.8. The summed E-state index contributed by atoms with van der Waals surface area (Å²) in [6.45, 7) is 1.20. The number of rotatable bonds is 6. The summed E-state index contributed by atoms with van der Waals surface area (Å²) >= 11 is 6.66. The van der Waals surface area contributed by atoms with Crippen LogP contribution in [0.2, 0.25) is 5.02 Å². The smallest absolute Gasteiger partial charge is 0.307 e. The normalized spacial score (nSPS) is 26.4. The minimum absolute atomic E-state index is 0.0440. The van der Waals surface area contributed by atoms with Crippen molar-refractivity contribution in [3.05, 3.63) is 71.2 Å². The molecule has 5 atom stereocenters. The van der Waals surface area contributed by atoms with Crippen LogP contribution in [0.5, 0.6) is 6.01 Å². The second kappa shape index (κ2) is 8.87. The number of carboxylic acids is 1. The molecule has 1 saturated carbocycles. The van der Waals surface area contributed by atoms with Gasteiger partial charge in [0.05, 0.1) is 34.7 Å². The zero-order valence-electron chi connectivity index (χ0n) is 19.9. The number of carboxylic acid groups (broad SMARTS) is 1. The van der Waals surface area contributed by atoms with Crippen LogP contribution in [0.1, 0.15) is 24.3 Å². The minimum Gasteiger partial charge on any atom is -0.481 e. The third kappa shape index (κ3) is 4.17. The standard InChI is InChI=1S/C29H25ClN2O5/c30-22-13-24-23(31-29(32-24)37-26-14-36-25-9-10-35-27(25)26)12-20(22)18-7-3-16(4-8-18)15-1-5-17(6-2-15)19-11-21(19)28(33)34/h1-8,12-13,19,21,25-27H,9-11,14H2,(H,31,32)(H,33,34)/t19?,21?,25-,26?,27+/m1/s1. The monoisotopic (exact) mass is 516 g/mol. The Kier molecular flexibility index (Phi) is 5.46. The second-order valence-electron chi connectivity index (χ2n) is 10.0. The molecule has 2 saturated heterocycles. The highest BCUT2D eigenvalue weighted by atomic mass is 35.5. The molecule has 1 aromatic heterocycles. The zero-order valence-corrected chi connectivity index (χ0v) is 20.6. The van der Waals surface area contributed by atoms with Crippen LogP contribution in [-0.4, -0.2) is 52.6 Å². The van der Waals surface area contributed by atoms with Gasteiger partial charge in [-0.1, -0.05) is 60.1 Å². The van der Waals surface area contributed by atoms with E-state index in [1.54, 1.807) is 0 Å². The van der Waals surface area contributed by atoms with Crippen LogP contribution in [0.15, 0.2) is 60.7 Å². The Morgan fingerprint density at radius 1 is 1.03 bits per heavy atom. The maximum absolute atomic E-state index is 11.2. The van der Waals surface area contributed by atoms with Crippen molar-refractivity contribution < 1.29 is 24.1 Å². The molecule has 3 unspecified atom stereocenters. The van der Waals surface area contributed by atoms with Crippen LogP contribution in [0.3, 0.4) is 0 Å². The summed E-state index contributed by atoms with van der Waals surface area (Å²) in [7, 11) is 0. The third-order valence-electron chi connectivity index (χ3n) is 7.71. The molecule has 37 heavy (non-hydrogen) atoms. The molecule has 0 bridgehead atoms. The zero-order chi connectivity index (χ0) is 25.1. The van der Waals surface area contributed by atoms with Gasteiger partial charge in [-0.3, -0.25) is 4.79 Å². The minimum atomic E-state index is -0.708. The maximum Gasteiger partial charge on any atom is 0.307 e. The van der Waals surface area contributed by atoms with Crippen LogP contribution in [0, 0.1) is 5.92 Å². The van der Waals surface area contributed by atoms with Gasteiger partial charge < -0.3 is 24.3 Å². The number of ether oxygens (including phenoxy) is 3. The van der Waals surface area contributed by atoms with E-state index in [-0.39, 0.29) is 30.1 Å². The second-order valence-corrected chi connectivity index (χ2v) is 10.4. The molecule has 3 aromatic carbocycles. The van der Waals surface area contributed by atoms with Gasteiger partial charge >= 0.3 is 5.97 Å². The highest BCUT2D eigenvalue weighted by Crippen LogP contribution is 2.47. The first-order valence-corrected chi connectivity index (χ1v) is 12.9. The molecule has 3 fully saturated rings. The van der Waals surface area contributed by atoms with Crippen LogP contribution in [0.4, 0.5) is 0 Å². The van der Waals surface area contributed by atoms with Crippen molar-refractivity contribution in [3.8, 4) is 28.3 Å². The number of hydrogen-bond donors (Lipinski definition) is 2. The summed E-state index contributed by atoms with van der Waals surface area (Å²) in [6.07, 6.45) is 1.52. The number of aromatic amines is 1. The molecule has 8 heteroatoms. The predicted octanol–water partition coefficient (Wildman–Crippen LogP) is 5.67. The Morgan fingerprint density at radius 3 is 2.49 bits per heavy atom. The number of carbonyl (C=O) groups is 1. The molecule has 0 amide bonds. The Hall–Kier alpha value is -3.39. The summed E-state index contributed by atoms with van der Waals surface area (Å²) in [5.74, 6) is -0.812. The van der Waals surface area contributed by atoms with Crippen molar-refractivity contribution in [1.82, 2.24) is 9.97 Å². The van der Waals surface area contributed by atoms with Gasteiger partial charge in [0.1, 0.15) is 6.10 Å². The third-order valence-corrected chi connectivity index (χ3v) is 8.02. The summed E-state index contributed by atoms with van der Waals surface area (Å²) in [4.78, 5) is 19.0. The van der Waals surface area contributed by atoms with Crippen molar-refractivity contribution in [1.29, 1.82) is 0 Å². The van der Waals surface area contributed by atoms with Crippen LogP contribution in [0.25, 0.3) is 33.3 Å². The SMILES string of the molecule is O=C(O)C1CC1c1ccc(-c2ccc(-c3cc4nc(OC5CO[C@@H]6CCO[C@H]56)[nH]c4cc3Cl)cc2)cc1. The first-order valence-electron chi connectivity index (χ1n) is 12.6. The van der Waals surface area contributed by atoms with Crippen molar-refractivity contribution >= 4 is 28.6 Å². The lowest BCUT2D eigenvalue weighted by Crippen LogP contribution is -2.32. The average molecular weight is 517 g/mol. The number of halogens is 1. The van der Waals surface area contributed by atoms with Gasteiger partial charge in [-0.2, -0.15) is 4.98 Å². The van der Waals surface area contributed by atoms with E-state index in [2.05, 4.69) is 46.4 Å². The molecule has 0 radical (unpaired) electrons. The van der Waals surface area contributed by atoms with Crippen LogP contribution < -0.4 is 4.74 Å². The number of hydrogen-bond acceptors (Lipinski definition) is 5. The molecule has 0 spiro atoms. The predicted molar refractivity (Wildman–Crippen MR) is 139 cm³/mol. The van der Waals surface area contributed by atoms with Crippen molar-refractivity contribution in [2.24, 2.45) is 5.92 Å². The Morgan fingerprint density at radius 2 is 1.76 bits per heavy atom. The van der Waals surface area contributed by atoms with E-state index in [1.807, 2.05) is 24.3 Å². The molecule has 3 aliphatic rings. The molecule has 3 heterocycles. The molecule has 7 nitrogen and oxygen atoms in total. The largest absolute Gasteiger partial charge is 0.481 e. The fraction of sp³-hybridized carbons (Fsp3) is 0.310. The fourth-order valence-corrected chi connectivity index (χ4v) is 5.83. The van der Waals surface area contributed by atoms with Gasteiger partial charge in [-0.25, -0.2) is 0 Å². The van der Waals surface area contributed by atoms with Gasteiger partial charge in [0, 0.05) is 12.2 Å². The molecule has 188 valence electrons. The Labute approximate surface area is 218 Å². The summed E-state index contributed by atoms with van der Waals surface area (Å²) < 4.78 is 17.6. The highest BCUT2D eigenvalue weighted by molar-refractivity contribution is 6.34. The van der Waals surface area contributed by atoms with Crippen molar-refractivity contribution in [2.75, 3.05) is 13.2 Å². The van der Waals surface area contributed by atoms with Gasteiger partial charge in [0.2, 0.25) is 0 Å². The van der Waals surface area contributed by atoms with Gasteiger partial charge in [-0.05, 0) is 53.1 Å². The number of H-pyrrole nitrogens is 1. The molecule has 2 N–H and O–H groups in total. The Bertz CT molecular complexity index is 1480. The lowest BCUT2D eigenvalue weighted by atomic mass is 9.98. The summed E-state index contributed by atoms with van der Waals surface area (Å²) in [5.41, 5.74) is 6.73. The topological polar surface area (TPSA) is 93.7 Å². The van der Waals surface area contributed by atoms with E-state index in [4.69, 9.17) is 25.8 Å². The van der Waals surface area contributed by atoms with E-state index < -0.39 is 5.97 Å². The van der Waals surface area contributed by atoms with Crippen LogP contribution >= 0.6 is 11.6 Å². The molecule has 2 aliphatic heterocycles. The number of nitrogens with one attached hydrogen (secondary N) is 1. The van der Waals surface area contributed by atoms with E-state index in [1.165, 1.54) is 0 Å². The molecular formula is C29H25ClN2O5.